The number of hydrogen-bond acceptors (Lipinski definition) is 3. The predicted octanol–water partition coefficient (Wildman–Crippen LogP) is 1.55. The highest BCUT2D eigenvalue weighted by Crippen LogP contribution is 2.32. The zero-order valence-corrected chi connectivity index (χ0v) is 13.7. The van der Waals surface area contributed by atoms with Gasteiger partial charge in [-0.2, -0.15) is 17.0 Å². The number of benzene rings is 1. The second-order valence-corrected chi connectivity index (χ2v) is 7.80. The number of hydrogen-bond donors (Lipinski definition) is 1. The number of carbonyl (C=O) groups is 1. The van der Waals surface area contributed by atoms with Gasteiger partial charge in [0.05, 0.1) is 5.41 Å². The van der Waals surface area contributed by atoms with Gasteiger partial charge in [-0.05, 0) is 18.9 Å². The Morgan fingerprint density at radius 1 is 1.36 bits per heavy atom. The third kappa shape index (κ3) is 3.31. The third-order valence-electron chi connectivity index (χ3n) is 4.16. The van der Waals surface area contributed by atoms with E-state index in [1.165, 1.54) is 8.61 Å². The topological polar surface area (TPSA) is 77.9 Å². The van der Waals surface area contributed by atoms with Crippen LogP contribution < -0.4 is 0 Å². The lowest BCUT2D eigenvalue weighted by Gasteiger charge is -2.27. The van der Waals surface area contributed by atoms with Crippen molar-refractivity contribution < 1.29 is 18.3 Å². The Hall–Kier alpha value is -1.44. The number of rotatable bonds is 6. The summed E-state index contributed by atoms with van der Waals surface area (Å²) in [5.41, 5.74) is -0.0905. The summed E-state index contributed by atoms with van der Waals surface area (Å²) < 4.78 is 28.1. The minimum Gasteiger partial charge on any atom is -0.481 e. The second-order valence-electron chi connectivity index (χ2n) is 5.87. The minimum atomic E-state index is -3.65. The predicted molar refractivity (Wildman–Crippen MR) is 83.4 cm³/mol. The van der Waals surface area contributed by atoms with Gasteiger partial charge in [0.25, 0.3) is 10.2 Å². The highest BCUT2D eigenvalue weighted by molar-refractivity contribution is 7.86. The highest BCUT2D eigenvalue weighted by Gasteiger charge is 2.45. The van der Waals surface area contributed by atoms with Crippen molar-refractivity contribution in [1.82, 2.24) is 8.61 Å². The Morgan fingerprint density at radius 3 is 2.50 bits per heavy atom. The van der Waals surface area contributed by atoms with E-state index >= 15 is 0 Å². The fourth-order valence-corrected chi connectivity index (χ4v) is 4.33. The lowest BCUT2D eigenvalue weighted by molar-refractivity contribution is -0.146. The normalized spacial score (nSPS) is 23.0. The van der Waals surface area contributed by atoms with Crippen LogP contribution in [0.25, 0.3) is 0 Å². The smallest absolute Gasteiger partial charge is 0.310 e. The molecule has 1 aliphatic heterocycles. The average Bonchev–Trinajstić information content (AvgIpc) is 2.90. The molecule has 22 heavy (non-hydrogen) atoms. The van der Waals surface area contributed by atoms with E-state index in [0.717, 1.165) is 5.56 Å². The van der Waals surface area contributed by atoms with E-state index in [2.05, 4.69) is 0 Å². The lowest BCUT2D eigenvalue weighted by atomic mass is 9.90. The van der Waals surface area contributed by atoms with Gasteiger partial charge in [-0.3, -0.25) is 4.79 Å². The van der Waals surface area contributed by atoms with Gasteiger partial charge < -0.3 is 5.11 Å². The summed E-state index contributed by atoms with van der Waals surface area (Å²) in [6.07, 6.45) is 0.338. The largest absolute Gasteiger partial charge is 0.481 e. The summed E-state index contributed by atoms with van der Waals surface area (Å²) in [7, 11) is -3.65. The van der Waals surface area contributed by atoms with Crippen molar-refractivity contribution >= 4 is 16.2 Å². The molecule has 0 spiro atoms. The van der Waals surface area contributed by atoms with Crippen LogP contribution in [0.5, 0.6) is 0 Å². The molecule has 1 aliphatic rings. The van der Waals surface area contributed by atoms with E-state index < -0.39 is 21.6 Å². The van der Waals surface area contributed by atoms with Gasteiger partial charge in [-0.1, -0.05) is 37.3 Å². The average molecular weight is 326 g/mol. The zero-order valence-electron chi connectivity index (χ0n) is 12.9. The summed E-state index contributed by atoms with van der Waals surface area (Å²) in [6, 6.07) is 9.38. The molecule has 1 unspecified atom stereocenters. The Bertz CT molecular complexity index is 632. The molecule has 1 fully saturated rings. The molecule has 2 rings (SSSR count). The highest BCUT2D eigenvalue weighted by atomic mass is 32.2. The van der Waals surface area contributed by atoms with Crippen LogP contribution in [-0.4, -0.2) is 47.7 Å². The fraction of sp³-hybridized carbons (Fsp3) is 0.533. The van der Waals surface area contributed by atoms with Crippen LogP contribution in [0.1, 0.15) is 25.8 Å². The molecule has 0 saturated carbocycles. The standard InChI is InChI=1S/C15H22N2O4S/c1-3-16(11-13-7-5-4-6-8-13)22(20,21)17-10-9-15(2,12-17)14(18)19/h4-8H,3,9-12H2,1-2H3,(H,18,19). The zero-order chi connectivity index (χ0) is 16.4. The maximum absolute atomic E-state index is 12.7. The molecule has 7 heteroatoms. The summed E-state index contributed by atoms with van der Waals surface area (Å²) >= 11 is 0. The molecule has 0 radical (unpaired) electrons. The van der Waals surface area contributed by atoms with Gasteiger partial charge in [-0.15, -0.1) is 0 Å². The molecule has 1 saturated heterocycles. The lowest BCUT2D eigenvalue weighted by Crippen LogP contribution is -2.43. The van der Waals surface area contributed by atoms with Crippen molar-refractivity contribution in [1.29, 1.82) is 0 Å². The van der Waals surface area contributed by atoms with Crippen molar-refractivity contribution in [2.24, 2.45) is 5.41 Å². The molecule has 6 nitrogen and oxygen atoms in total. The quantitative estimate of drug-likeness (QED) is 0.860. The van der Waals surface area contributed by atoms with Gasteiger partial charge in [0.2, 0.25) is 0 Å². The van der Waals surface area contributed by atoms with E-state index in [9.17, 15) is 18.3 Å². The minimum absolute atomic E-state index is 0.0238. The molecule has 1 aromatic rings. The summed E-state index contributed by atoms with van der Waals surface area (Å²) in [6.45, 7) is 4.29. The molecule has 0 amide bonds. The fourth-order valence-electron chi connectivity index (χ4n) is 2.60. The Kier molecular flexibility index (Phi) is 4.89. The van der Waals surface area contributed by atoms with Crippen molar-refractivity contribution in [2.45, 2.75) is 26.8 Å². The van der Waals surface area contributed by atoms with E-state index in [0.29, 0.717) is 19.5 Å². The van der Waals surface area contributed by atoms with Crippen LogP contribution in [0.3, 0.4) is 0 Å². The molecule has 1 heterocycles. The van der Waals surface area contributed by atoms with Gasteiger partial charge in [0.15, 0.2) is 0 Å². The molecule has 1 aromatic carbocycles. The van der Waals surface area contributed by atoms with Crippen LogP contribution in [0.2, 0.25) is 0 Å². The van der Waals surface area contributed by atoms with E-state index in [4.69, 9.17) is 0 Å². The van der Waals surface area contributed by atoms with Crippen LogP contribution in [0.4, 0.5) is 0 Å². The van der Waals surface area contributed by atoms with Crippen LogP contribution in [-0.2, 0) is 21.5 Å². The maximum atomic E-state index is 12.7. The molecule has 1 atom stereocenters. The first-order chi connectivity index (χ1) is 10.3. The summed E-state index contributed by atoms with van der Waals surface area (Å²) in [5, 5.41) is 9.25. The Balaban J connectivity index is 2.16. The molecular formula is C15H22N2O4S. The third-order valence-corrected chi connectivity index (χ3v) is 6.17. The van der Waals surface area contributed by atoms with Crippen molar-refractivity contribution in [3.8, 4) is 0 Å². The van der Waals surface area contributed by atoms with Crippen molar-refractivity contribution in [2.75, 3.05) is 19.6 Å². The second kappa shape index (κ2) is 6.36. The van der Waals surface area contributed by atoms with Crippen molar-refractivity contribution in [3.63, 3.8) is 0 Å². The molecule has 0 bridgehead atoms. The SMILES string of the molecule is CCN(Cc1ccccc1)S(=O)(=O)N1CCC(C)(C(=O)O)C1. The summed E-state index contributed by atoms with van der Waals surface area (Å²) in [5.74, 6) is -0.948. The first-order valence-corrected chi connectivity index (χ1v) is 8.72. The van der Waals surface area contributed by atoms with E-state index in [1.54, 1.807) is 13.8 Å². The first-order valence-electron chi connectivity index (χ1n) is 7.32. The van der Waals surface area contributed by atoms with Gasteiger partial charge in [-0.25, -0.2) is 0 Å². The van der Waals surface area contributed by atoms with Gasteiger partial charge in [0.1, 0.15) is 0 Å². The molecular weight excluding hydrogens is 304 g/mol. The van der Waals surface area contributed by atoms with Crippen molar-refractivity contribution in [3.05, 3.63) is 35.9 Å². The van der Waals surface area contributed by atoms with Gasteiger partial charge in [0, 0.05) is 26.2 Å². The van der Waals surface area contributed by atoms with Crippen LogP contribution in [0.15, 0.2) is 30.3 Å². The number of aliphatic carboxylic acids is 1. The Morgan fingerprint density at radius 2 is 2.00 bits per heavy atom. The molecule has 0 aliphatic carbocycles. The van der Waals surface area contributed by atoms with Crippen LogP contribution in [0, 0.1) is 5.41 Å². The molecule has 1 N–H and O–H groups in total. The number of nitrogens with zero attached hydrogens (tertiary/aromatic N) is 2. The number of carboxylic acid groups (broad SMARTS) is 1. The van der Waals surface area contributed by atoms with Crippen LogP contribution >= 0.6 is 0 Å². The molecule has 122 valence electrons. The number of carboxylic acids is 1. The Labute approximate surface area is 131 Å². The maximum Gasteiger partial charge on any atom is 0.310 e. The van der Waals surface area contributed by atoms with Gasteiger partial charge >= 0.3 is 5.97 Å². The monoisotopic (exact) mass is 326 g/mol. The summed E-state index contributed by atoms with van der Waals surface area (Å²) in [4.78, 5) is 11.3. The molecule has 0 aromatic heterocycles. The van der Waals surface area contributed by atoms with E-state index in [1.807, 2.05) is 30.3 Å². The van der Waals surface area contributed by atoms with E-state index in [-0.39, 0.29) is 13.1 Å². The first kappa shape index (κ1) is 16.9.